The van der Waals surface area contributed by atoms with Crippen molar-refractivity contribution in [1.82, 2.24) is 4.98 Å². The normalized spacial score (nSPS) is 10.3. The van der Waals surface area contributed by atoms with Gasteiger partial charge in [-0.2, -0.15) is 0 Å². The van der Waals surface area contributed by atoms with E-state index in [0.717, 1.165) is 16.7 Å². The molecule has 0 saturated carbocycles. The van der Waals surface area contributed by atoms with Gasteiger partial charge in [-0.1, -0.05) is 30.3 Å². The summed E-state index contributed by atoms with van der Waals surface area (Å²) < 4.78 is 0. The summed E-state index contributed by atoms with van der Waals surface area (Å²) in [7, 11) is 0. The van der Waals surface area contributed by atoms with Gasteiger partial charge in [-0.3, -0.25) is 4.79 Å². The second-order valence-corrected chi connectivity index (χ2v) is 5.30. The number of aryl methyl sites for hydroxylation is 1. The van der Waals surface area contributed by atoms with E-state index in [1.54, 1.807) is 36.5 Å². The van der Waals surface area contributed by atoms with E-state index in [1.807, 2.05) is 37.3 Å². The number of carbonyl (C=O) groups excluding carboxylic acids is 1. The van der Waals surface area contributed by atoms with Crippen molar-refractivity contribution < 1.29 is 9.90 Å². The average Bonchev–Trinajstić information content (AvgIpc) is 2.58. The number of nitrogens with zero attached hydrogens (tertiary/aromatic N) is 1. The number of nitrogens with one attached hydrogen (secondary N) is 1. The quantitative estimate of drug-likeness (QED) is 0.768. The molecule has 1 amide bonds. The van der Waals surface area contributed by atoms with Crippen LogP contribution >= 0.6 is 0 Å². The van der Waals surface area contributed by atoms with Crippen LogP contribution in [0.2, 0.25) is 0 Å². The van der Waals surface area contributed by atoms with Crippen molar-refractivity contribution in [2.24, 2.45) is 0 Å². The van der Waals surface area contributed by atoms with Gasteiger partial charge >= 0.3 is 0 Å². The van der Waals surface area contributed by atoms with Crippen LogP contribution < -0.4 is 5.32 Å². The summed E-state index contributed by atoms with van der Waals surface area (Å²) in [4.78, 5) is 16.4. The van der Waals surface area contributed by atoms with Crippen molar-refractivity contribution >= 4 is 11.7 Å². The van der Waals surface area contributed by atoms with Crippen molar-refractivity contribution in [3.63, 3.8) is 0 Å². The molecule has 0 aliphatic carbocycles. The molecule has 114 valence electrons. The zero-order valence-corrected chi connectivity index (χ0v) is 12.7. The zero-order valence-electron chi connectivity index (χ0n) is 12.7. The van der Waals surface area contributed by atoms with E-state index in [1.165, 1.54) is 0 Å². The Bertz CT molecular complexity index is 807. The van der Waals surface area contributed by atoms with Crippen LogP contribution in [0.3, 0.4) is 0 Å². The molecular weight excluding hydrogens is 288 g/mol. The highest BCUT2D eigenvalue weighted by molar-refractivity contribution is 6.04. The first-order valence-corrected chi connectivity index (χ1v) is 7.25. The lowest BCUT2D eigenvalue weighted by molar-refractivity contribution is 0.102. The maximum atomic E-state index is 12.2. The molecule has 1 aromatic heterocycles. The number of aromatic nitrogens is 1. The summed E-state index contributed by atoms with van der Waals surface area (Å²) in [6.07, 6.45) is 1.71. The standard InChI is InChI=1S/C19H16N2O2/c1-13-2-11-18(20-12-13)21-19(23)16-5-3-14(4-6-16)15-7-9-17(22)10-8-15/h2-12,22H,1H3,(H,20,21,23). The molecule has 0 bridgehead atoms. The van der Waals surface area contributed by atoms with E-state index in [0.29, 0.717) is 11.4 Å². The monoisotopic (exact) mass is 304 g/mol. The molecule has 0 spiro atoms. The first kappa shape index (κ1) is 14.8. The first-order valence-electron chi connectivity index (χ1n) is 7.25. The van der Waals surface area contributed by atoms with Gasteiger partial charge in [0.2, 0.25) is 0 Å². The van der Waals surface area contributed by atoms with Crippen LogP contribution in [0.5, 0.6) is 5.75 Å². The molecule has 0 aliphatic heterocycles. The fourth-order valence-corrected chi connectivity index (χ4v) is 2.20. The molecule has 0 radical (unpaired) electrons. The highest BCUT2D eigenvalue weighted by Crippen LogP contribution is 2.22. The molecule has 0 saturated heterocycles. The smallest absolute Gasteiger partial charge is 0.256 e. The highest BCUT2D eigenvalue weighted by Gasteiger charge is 2.07. The van der Waals surface area contributed by atoms with Gasteiger partial charge in [0.25, 0.3) is 5.91 Å². The lowest BCUT2D eigenvalue weighted by Crippen LogP contribution is -2.12. The van der Waals surface area contributed by atoms with Gasteiger partial charge in [-0.15, -0.1) is 0 Å². The minimum Gasteiger partial charge on any atom is -0.508 e. The third kappa shape index (κ3) is 3.55. The van der Waals surface area contributed by atoms with Crippen LogP contribution in [0.15, 0.2) is 66.9 Å². The van der Waals surface area contributed by atoms with E-state index >= 15 is 0 Å². The fourth-order valence-electron chi connectivity index (χ4n) is 2.20. The molecule has 2 N–H and O–H groups in total. The first-order chi connectivity index (χ1) is 11.1. The van der Waals surface area contributed by atoms with Crippen LogP contribution in [-0.2, 0) is 0 Å². The third-order valence-corrected chi connectivity index (χ3v) is 3.50. The second kappa shape index (κ2) is 6.32. The number of pyridine rings is 1. The van der Waals surface area contributed by atoms with Crippen molar-refractivity contribution in [3.05, 3.63) is 78.0 Å². The predicted octanol–water partition coefficient (Wildman–Crippen LogP) is 4.01. The Morgan fingerprint density at radius 2 is 1.52 bits per heavy atom. The zero-order chi connectivity index (χ0) is 16.2. The second-order valence-electron chi connectivity index (χ2n) is 5.30. The minimum atomic E-state index is -0.196. The van der Waals surface area contributed by atoms with Crippen molar-refractivity contribution in [3.8, 4) is 16.9 Å². The summed E-state index contributed by atoms with van der Waals surface area (Å²) in [5, 5.41) is 12.1. The van der Waals surface area contributed by atoms with Gasteiger partial charge < -0.3 is 10.4 Å². The fraction of sp³-hybridized carbons (Fsp3) is 0.0526. The maximum Gasteiger partial charge on any atom is 0.256 e. The van der Waals surface area contributed by atoms with Crippen LogP contribution in [0.25, 0.3) is 11.1 Å². The molecule has 4 heteroatoms. The van der Waals surface area contributed by atoms with Crippen molar-refractivity contribution in [2.75, 3.05) is 5.32 Å². The summed E-state index contributed by atoms with van der Waals surface area (Å²) in [6.45, 7) is 1.95. The number of carbonyl (C=O) groups is 1. The van der Waals surface area contributed by atoms with E-state index in [4.69, 9.17) is 0 Å². The van der Waals surface area contributed by atoms with Crippen LogP contribution in [-0.4, -0.2) is 16.0 Å². The van der Waals surface area contributed by atoms with Crippen LogP contribution in [0, 0.1) is 6.92 Å². The Morgan fingerprint density at radius 1 is 0.913 bits per heavy atom. The van der Waals surface area contributed by atoms with Gasteiger partial charge in [0.1, 0.15) is 11.6 Å². The van der Waals surface area contributed by atoms with Crippen LogP contribution in [0.1, 0.15) is 15.9 Å². The lowest BCUT2D eigenvalue weighted by Gasteiger charge is -2.06. The van der Waals surface area contributed by atoms with Crippen molar-refractivity contribution in [2.45, 2.75) is 6.92 Å². The molecule has 23 heavy (non-hydrogen) atoms. The highest BCUT2D eigenvalue weighted by atomic mass is 16.3. The summed E-state index contributed by atoms with van der Waals surface area (Å²) >= 11 is 0. The molecule has 4 nitrogen and oxygen atoms in total. The molecule has 0 fully saturated rings. The van der Waals surface area contributed by atoms with Gasteiger partial charge in [0, 0.05) is 11.8 Å². The number of aromatic hydroxyl groups is 1. The van der Waals surface area contributed by atoms with Gasteiger partial charge in [-0.25, -0.2) is 4.98 Å². The average molecular weight is 304 g/mol. The number of hydrogen-bond donors (Lipinski definition) is 2. The Labute approximate surface area is 134 Å². The van der Waals surface area contributed by atoms with E-state index in [-0.39, 0.29) is 11.7 Å². The summed E-state index contributed by atoms with van der Waals surface area (Å²) in [6, 6.07) is 17.9. The molecule has 0 unspecified atom stereocenters. The Hall–Kier alpha value is -3.14. The predicted molar refractivity (Wildman–Crippen MR) is 90.5 cm³/mol. The number of phenolic OH excluding ortho intramolecular Hbond substituents is 1. The number of rotatable bonds is 3. The number of phenols is 1. The summed E-state index contributed by atoms with van der Waals surface area (Å²) in [5.74, 6) is 0.567. The Morgan fingerprint density at radius 3 is 2.09 bits per heavy atom. The maximum absolute atomic E-state index is 12.2. The molecule has 0 aliphatic rings. The van der Waals surface area contributed by atoms with Crippen LogP contribution in [0.4, 0.5) is 5.82 Å². The number of amides is 1. The molecule has 3 rings (SSSR count). The molecule has 2 aromatic carbocycles. The van der Waals surface area contributed by atoms with E-state index < -0.39 is 0 Å². The van der Waals surface area contributed by atoms with E-state index in [2.05, 4.69) is 10.3 Å². The number of anilines is 1. The van der Waals surface area contributed by atoms with E-state index in [9.17, 15) is 9.90 Å². The van der Waals surface area contributed by atoms with Gasteiger partial charge in [0.15, 0.2) is 0 Å². The minimum absolute atomic E-state index is 0.196. The molecule has 3 aromatic rings. The molecule has 1 heterocycles. The third-order valence-electron chi connectivity index (χ3n) is 3.50. The Balaban J connectivity index is 1.74. The Kier molecular flexibility index (Phi) is 4.06. The largest absolute Gasteiger partial charge is 0.508 e. The number of benzene rings is 2. The molecule has 0 atom stereocenters. The van der Waals surface area contributed by atoms with Gasteiger partial charge in [0.05, 0.1) is 0 Å². The molecular formula is C19H16N2O2. The topological polar surface area (TPSA) is 62.2 Å². The number of hydrogen-bond acceptors (Lipinski definition) is 3. The lowest BCUT2D eigenvalue weighted by atomic mass is 10.0. The SMILES string of the molecule is Cc1ccc(NC(=O)c2ccc(-c3ccc(O)cc3)cc2)nc1. The van der Waals surface area contributed by atoms with Gasteiger partial charge in [-0.05, 0) is 53.9 Å². The summed E-state index contributed by atoms with van der Waals surface area (Å²) in [5.41, 5.74) is 3.57. The van der Waals surface area contributed by atoms with Crippen molar-refractivity contribution in [1.29, 1.82) is 0 Å².